The first kappa shape index (κ1) is 21.0. The van der Waals surface area contributed by atoms with Gasteiger partial charge in [0.05, 0.1) is 18.0 Å². The molecular formula is C19H19BrN6O2S. The third kappa shape index (κ3) is 5.64. The van der Waals surface area contributed by atoms with Crippen LogP contribution in [-0.4, -0.2) is 44.3 Å². The Morgan fingerprint density at radius 1 is 1.10 bits per heavy atom. The van der Waals surface area contributed by atoms with Crippen molar-refractivity contribution in [2.45, 2.75) is 19.0 Å². The molecular weight excluding hydrogens is 456 g/mol. The standard InChI is InChI=1S/C19H19BrN6O2S/c1-12-5-3-4-6-16(12)26-19(23-24-25-26)29-11-18(28)21-10-17(27)22-15-8-7-14(20)9-13(15)2/h3-9H,10-11H2,1-2H3,(H,21,28)(H,22,27). The highest BCUT2D eigenvalue weighted by atomic mass is 79.9. The molecule has 0 atom stereocenters. The fraction of sp³-hybridized carbons (Fsp3) is 0.211. The molecule has 3 rings (SSSR count). The monoisotopic (exact) mass is 474 g/mol. The maximum atomic E-state index is 12.1. The van der Waals surface area contributed by atoms with Crippen molar-refractivity contribution in [1.82, 2.24) is 25.5 Å². The minimum absolute atomic E-state index is 0.0941. The number of halogens is 1. The molecule has 0 saturated carbocycles. The van der Waals surface area contributed by atoms with Gasteiger partial charge in [0.2, 0.25) is 17.0 Å². The van der Waals surface area contributed by atoms with Crippen LogP contribution in [0.5, 0.6) is 0 Å². The van der Waals surface area contributed by atoms with Gasteiger partial charge in [-0.05, 0) is 59.7 Å². The van der Waals surface area contributed by atoms with E-state index >= 15 is 0 Å². The number of rotatable bonds is 7. The quantitative estimate of drug-likeness (QED) is 0.510. The molecule has 10 heteroatoms. The van der Waals surface area contributed by atoms with Gasteiger partial charge in [-0.1, -0.05) is 45.9 Å². The zero-order valence-corrected chi connectivity index (χ0v) is 18.2. The summed E-state index contributed by atoms with van der Waals surface area (Å²) >= 11 is 4.58. The van der Waals surface area contributed by atoms with E-state index in [0.29, 0.717) is 10.8 Å². The molecule has 0 bridgehead atoms. The van der Waals surface area contributed by atoms with E-state index in [1.165, 1.54) is 11.8 Å². The molecule has 29 heavy (non-hydrogen) atoms. The minimum Gasteiger partial charge on any atom is -0.346 e. The Bertz CT molecular complexity index is 1040. The smallest absolute Gasteiger partial charge is 0.243 e. The van der Waals surface area contributed by atoms with Gasteiger partial charge in [-0.2, -0.15) is 4.68 Å². The van der Waals surface area contributed by atoms with Crippen LogP contribution in [0.15, 0.2) is 52.1 Å². The lowest BCUT2D eigenvalue weighted by Gasteiger charge is -2.10. The lowest BCUT2D eigenvalue weighted by atomic mass is 10.2. The van der Waals surface area contributed by atoms with Gasteiger partial charge in [0.1, 0.15) is 0 Å². The van der Waals surface area contributed by atoms with Gasteiger partial charge in [0.25, 0.3) is 0 Å². The largest absolute Gasteiger partial charge is 0.346 e. The number of para-hydroxylation sites is 1. The van der Waals surface area contributed by atoms with Crippen LogP contribution in [0.1, 0.15) is 11.1 Å². The van der Waals surface area contributed by atoms with Crippen LogP contribution in [0.3, 0.4) is 0 Å². The minimum atomic E-state index is -0.293. The van der Waals surface area contributed by atoms with E-state index in [4.69, 9.17) is 0 Å². The second-order valence-corrected chi connectivity index (χ2v) is 8.09. The summed E-state index contributed by atoms with van der Waals surface area (Å²) in [6.07, 6.45) is 0. The summed E-state index contributed by atoms with van der Waals surface area (Å²) in [5, 5.41) is 17.6. The Labute approximate surface area is 180 Å². The number of thioether (sulfide) groups is 1. The van der Waals surface area contributed by atoms with E-state index in [1.54, 1.807) is 10.7 Å². The highest BCUT2D eigenvalue weighted by Crippen LogP contribution is 2.21. The van der Waals surface area contributed by atoms with Crippen molar-refractivity contribution in [2.24, 2.45) is 0 Å². The first-order chi connectivity index (χ1) is 13.9. The summed E-state index contributed by atoms with van der Waals surface area (Å²) in [6, 6.07) is 13.3. The summed E-state index contributed by atoms with van der Waals surface area (Å²) in [5.41, 5.74) is 3.51. The van der Waals surface area contributed by atoms with Gasteiger partial charge < -0.3 is 10.6 Å². The lowest BCUT2D eigenvalue weighted by Crippen LogP contribution is -2.34. The molecule has 2 amide bonds. The summed E-state index contributed by atoms with van der Waals surface area (Å²) in [5.74, 6) is -0.479. The Morgan fingerprint density at radius 2 is 1.90 bits per heavy atom. The molecule has 1 aromatic heterocycles. The van der Waals surface area contributed by atoms with Gasteiger partial charge in [-0.3, -0.25) is 9.59 Å². The van der Waals surface area contributed by atoms with Crippen LogP contribution in [0.4, 0.5) is 5.69 Å². The van der Waals surface area contributed by atoms with Crippen molar-refractivity contribution < 1.29 is 9.59 Å². The number of nitrogens with zero attached hydrogens (tertiary/aromatic N) is 4. The normalized spacial score (nSPS) is 10.6. The average Bonchev–Trinajstić information content (AvgIpc) is 3.15. The molecule has 0 fully saturated rings. The van der Waals surface area contributed by atoms with E-state index in [-0.39, 0.29) is 24.1 Å². The van der Waals surface area contributed by atoms with Crippen LogP contribution in [0.2, 0.25) is 0 Å². The van der Waals surface area contributed by atoms with Crippen molar-refractivity contribution in [3.63, 3.8) is 0 Å². The van der Waals surface area contributed by atoms with Crippen molar-refractivity contribution >= 4 is 45.2 Å². The number of anilines is 1. The molecule has 8 nitrogen and oxygen atoms in total. The van der Waals surface area contributed by atoms with Crippen LogP contribution >= 0.6 is 27.7 Å². The van der Waals surface area contributed by atoms with Crippen LogP contribution < -0.4 is 10.6 Å². The van der Waals surface area contributed by atoms with Crippen molar-refractivity contribution in [2.75, 3.05) is 17.6 Å². The van der Waals surface area contributed by atoms with E-state index in [2.05, 4.69) is 42.1 Å². The van der Waals surface area contributed by atoms with Gasteiger partial charge in [0, 0.05) is 10.2 Å². The fourth-order valence-corrected chi connectivity index (χ4v) is 3.73. The third-order valence-electron chi connectivity index (χ3n) is 4.03. The molecule has 0 spiro atoms. The molecule has 0 aliphatic carbocycles. The Hall–Kier alpha value is -2.72. The molecule has 3 aromatic rings. The predicted molar refractivity (Wildman–Crippen MR) is 115 cm³/mol. The molecule has 2 N–H and O–H groups in total. The Morgan fingerprint density at radius 3 is 2.66 bits per heavy atom. The van der Waals surface area contributed by atoms with Gasteiger partial charge in [-0.15, -0.1) is 5.10 Å². The van der Waals surface area contributed by atoms with Crippen LogP contribution in [-0.2, 0) is 9.59 Å². The number of hydrogen-bond donors (Lipinski definition) is 2. The van der Waals surface area contributed by atoms with Gasteiger partial charge in [0.15, 0.2) is 0 Å². The number of amides is 2. The lowest BCUT2D eigenvalue weighted by molar-refractivity contribution is -0.122. The van der Waals surface area contributed by atoms with Crippen LogP contribution in [0, 0.1) is 13.8 Å². The molecule has 0 unspecified atom stereocenters. The van der Waals surface area contributed by atoms with Gasteiger partial charge >= 0.3 is 0 Å². The summed E-state index contributed by atoms with van der Waals surface area (Å²) < 4.78 is 2.53. The number of aryl methyl sites for hydroxylation is 2. The molecule has 0 aliphatic heterocycles. The zero-order chi connectivity index (χ0) is 20.8. The molecule has 0 aliphatic rings. The Balaban J connectivity index is 1.50. The number of aromatic nitrogens is 4. The highest BCUT2D eigenvalue weighted by molar-refractivity contribution is 9.10. The van der Waals surface area contributed by atoms with Gasteiger partial charge in [-0.25, -0.2) is 0 Å². The second-order valence-electron chi connectivity index (χ2n) is 6.23. The van der Waals surface area contributed by atoms with Crippen LogP contribution in [0.25, 0.3) is 5.69 Å². The second kappa shape index (κ2) is 9.66. The molecule has 1 heterocycles. The first-order valence-electron chi connectivity index (χ1n) is 8.74. The summed E-state index contributed by atoms with van der Waals surface area (Å²) in [7, 11) is 0. The maximum Gasteiger partial charge on any atom is 0.243 e. The van der Waals surface area contributed by atoms with E-state index in [1.807, 2.05) is 50.2 Å². The van der Waals surface area contributed by atoms with Crippen molar-refractivity contribution in [3.05, 3.63) is 58.1 Å². The van der Waals surface area contributed by atoms with Crippen molar-refractivity contribution in [3.8, 4) is 5.69 Å². The first-order valence-corrected chi connectivity index (χ1v) is 10.5. The maximum absolute atomic E-state index is 12.1. The molecule has 0 radical (unpaired) electrons. The molecule has 0 saturated heterocycles. The van der Waals surface area contributed by atoms with E-state index in [9.17, 15) is 9.59 Å². The van der Waals surface area contributed by atoms with E-state index in [0.717, 1.165) is 21.3 Å². The third-order valence-corrected chi connectivity index (χ3v) is 5.44. The SMILES string of the molecule is Cc1cc(Br)ccc1NC(=O)CNC(=O)CSc1nnnn1-c1ccccc1C. The average molecular weight is 475 g/mol. The summed E-state index contributed by atoms with van der Waals surface area (Å²) in [6.45, 7) is 3.75. The summed E-state index contributed by atoms with van der Waals surface area (Å²) in [4.78, 5) is 24.2. The van der Waals surface area contributed by atoms with Crippen molar-refractivity contribution in [1.29, 1.82) is 0 Å². The Kier molecular flexibility index (Phi) is 6.99. The predicted octanol–water partition coefficient (Wildman–Crippen LogP) is 2.89. The highest BCUT2D eigenvalue weighted by Gasteiger charge is 2.13. The number of nitrogens with one attached hydrogen (secondary N) is 2. The van der Waals surface area contributed by atoms with E-state index < -0.39 is 0 Å². The molecule has 150 valence electrons. The number of benzene rings is 2. The number of carbonyl (C=O) groups is 2. The number of carbonyl (C=O) groups excluding carboxylic acids is 2. The number of hydrogen-bond acceptors (Lipinski definition) is 6. The topological polar surface area (TPSA) is 102 Å². The zero-order valence-electron chi connectivity index (χ0n) is 15.8. The number of tetrazole rings is 1. The fourth-order valence-electron chi connectivity index (χ4n) is 2.54. The molecule has 2 aromatic carbocycles.